The third-order valence-corrected chi connectivity index (χ3v) is 3.60. The van der Waals surface area contributed by atoms with E-state index in [1.54, 1.807) is 29.7 Å². The molecule has 0 fully saturated rings. The van der Waals surface area contributed by atoms with Gasteiger partial charge in [-0.25, -0.2) is 9.37 Å². The van der Waals surface area contributed by atoms with Crippen LogP contribution in [0.2, 0.25) is 0 Å². The number of aromatic nitrogens is 1. The minimum absolute atomic E-state index is 0.0591. The van der Waals surface area contributed by atoms with E-state index in [1.807, 2.05) is 18.4 Å². The highest BCUT2D eigenvalue weighted by molar-refractivity contribution is 7.09. The molecule has 2 rings (SSSR count). The van der Waals surface area contributed by atoms with Crippen molar-refractivity contribution in [3.8, 4) is 6.07 Å². The Balaban J connectivity index is 2.07. The topological polar surface area (TPSA) is 48.7 Å². The number of benzene rings is 1. The number of hydrogen-bond donors (Lipinski definition) is 1. The van der Waals surface area contributed by atoms with E-state index in [0.717, 1.165) is 5.01 Å². The van der Waals surface area contributed by atoms with Gasteiger partial charge in [-0.1, -0.05) is 13.0 Å². The number of anilines is 1. The number of nitrogens with zero attached hydrogens (tertiary/aromatic N) is 2. The van der Waals surface area contributed by atoms with Crippen molar-refractivity contribution < 1.29 is 4.39 Å². The van der Waals surface area contributed by atoms with Gasteiger partial charge in [-0.15, -0.1) is 11.3 Å². The van der Waals surface area contributed by atoms with Gasteiger partial charge >= 0.3 is 0 Å². The standard InChI is InChI=1S/C13H12FN3S/c1-9(13-16-5-6-18-13)8-17-12-4-2-3-11(14)10(12)7-15/h2-6,9,17H,8H2,1H3/t9-/m1/s1. The molecule has 1 aromatic heterocycles. The second-order valence-corrected chi connectivity index (χ2v) is 4.85. The fraction of sp³-hybridized carbons (Fsp3) is 0.231. The molecule has 92 valence electrons. The molecule has 5 heteroatoms. The molecule has 0 amide bonds. The highest BCUT2D eigenvalue weighted by Gasteiger charge is 2.11. The Morgan fingerprint density at radius 1 is 1.56 bits per heavy atom. The molecule has 3 nitrogen and oxygen atoms in total. The molecule has 18 heavy (non-hydrogen) atoms. The number of hydrogen-bond acceptors (Lipinski definition) is 4. The maximum atomic E-state index is 13.4. The summed E-state index contributed by atoms with van der Waals surface area (Å²) in [6, 6.07) is 6.45. The van der Waals surface area contributed by atoms with E-state index in [1.165, 1.54) is 6.07 Å². The molecule has 1 atom stereocenters. The average Bonchev–Trinajstić information content (AvgIpc) is 2.90. The Hall–Kier alpha value is -1.93. The van der Waals surface area contributed by atoms with Gasteiger partial charge in [-0.05, 0) is 12.1 Å². The first-order valence-electron chi connectivity index (χ1n) is 5.54. The Bertz CT molecular complexity index is 560. The summed E-state index contributed by atoms with van der Waals surface area (Å²) in [6.07, 6.45) is 1.76. The van der Waals surface area contributed by atoms with Crippen LogP contribution in [0.15, 0.2) is 29.8 Å². The van der Waals surface area contributed by atoms with Crippen molar-refractivity contribution in [2.75, 3.05) is 11.9 Å². The van der Waals surface area contributed by atoms with Gasteiger partial charge in [-0.3, -0.25) is 0 Å². The molecular weight excluding hydrogens is 249 g/mol. The Labute approximate surface area is 109 Å². The molecule has 2 aromatic rings. The third kappa shape index (κ3) is 2.66. The van der Waals surface area contributed by atoms with Crippen molar-refractivity contribution in [3.05, 3.63) is 46.2 Å². The summed E-state index contributed by atoms with van der Waals surface area (Å²) in [6.45, 7) is 2.66. The third-order valence-electron chi connectivity index (χ3n) is 2.60. The van der Waals surface area contributed by atoms with Gasteiger partial charge < -0.3 is 5.32 Å². The Morgan fingerprint density at radius 2 is 2.39 bits per heavy atom. The number of halogens is 1. The van der Waals surface area contributed by atoms with Crippen molar-refractivity contribution in [1.82, 2.24) is 4.98 Å². The van der Waals surface area contributed by atoms with Crippen LogP contribution in [0.4, 0.5) is 10.1 Å². The zero-order valence-corrected chi connectivity index (χ0v) is 10.7. The summed E-state index contributed by atoms with van der Waals surface area (Å²) in [5.41, 5.74) is 0.588. The summed E-state index contributed by atoms with van der Waals surface area (Å²) in [7, 11) is 0. The SMILES string of the molecule is C[C@H](CNc1cccc(F)c1C#N)c1nccs1. The molecule has 0 radical (unpaired) electrons. The van der Waals surface area contributed by atoms with Gasteiger partial charge in [0.05, 0.1) is 10.7 Å². The first kappa shape index (κ1) is 12.5. The second-order valence-electron chi connectivity index (χ2n) is 3.93. The molecule has 1 heterocycles. The molecule has 0 saturated carbocycles. The van der Waals surface area contributed by atoms with Crippen LogP contribution < -0.4 is 5.32 Å². The maximum Gasteiger partial charge on any atom is 0.143 e. The predicted octanol–water partition coefficient (Wildman–Crippen LogP) is 3.37. The Morgan fingerprint density at radius 3 is 3.06 bits per heavy atom. The summed E-state index contributed by atoms with van der Waals surface area (Å²) in [5.74, 6) is -0.274. The predicted molar refractivity (Wildman–Crippen MR) is 70.1 cm³/mol. The van der Waals surface area contributed by atoms with Gasteiger partial charge in [0.2, 0.25) is 0 Å². The van der Waals surface area contributed by atoms with Gasteiger partial charge in [0.25, 0.3) is 0 Å². The monoisotopic (exact) mass is 261 g/mol. The van der Waals surface area contributed by atoms with Crippen LogP contribution in [0.3, 0.4) is 0 Å². The van der Waals surface area contributed by atoms with Crippen LogP contribution in [0.25, 0.3) is 0 Å². The minimum Gasteiger partial charge on any atom is -0.383 e. The van der Waals surface area contributed by atoms with Crippen molar-refractivity contribution in [2.24, 2.45) is 0 Å². The largest absolute Gasteiger partial charge is 0.383 e. The van der Waals surface area contributed by atoms with E-state index in [4.69, 9.17) is 5.26 Å². The van der Waals surface area contributed by atoms with Crippen molar-refractivity contribution in [2.45, 2.75) is 12.8 Å². The van der Waals surface area contributed by atoms with Gasteiger partial charge in [0.15, 0.2) is 0 Å². The number of rotatable bonds is 4. The zero-order chi connectivity index (χ0) is 13.0. The maximum absolute atomic E-state index is 13.4. The lowest BCUT2D eigenvalue weighted by molar-refractivity contribution is 0.624. The number of nitrogens with one attached hydrogen (secondary N) is 1. The highest BCUT2D eigenvalue weighted by Crippen LogP contribution is 2.21. The molecule has 0 unspecified atom stereocenters. The molecule has 0 saturated heterocycles. The van der Waals surface area contributed by atoms with Crippen molar-refractivity contribution in [1.29, 1.82) is 5.26 Å². The molecule has 1 N–H and O–H groups in total. The average molecular weight is 261 g/mol. The number of nitriles is 1. The van der Waals surface area contributed by atoms with Gasteiger partial charge in [0.1, 0.15) is 17.4 Å². The van der Waals surface area contributed by atoms with E-state index in [-0.39, 0.29) is 11.5 Å². The first-order chi connectivity index (χ1) is 8.72. The van der Waals surface area contributed by atoms with Crippen LogP contribution in [0.5, 0.6) is 0 Å². The van der Waals surface area contributed by atoms with E-state index >= 15 is 0 Å². The molecule has 0 aliphatic rings. The molecule has 0 aliphatic carbocycles. The highest BCUT2D eigenvalue weighted by atomic mass is 32.1. The summed E-state index contributed by atoms with van der Waals surface area (Å²) >= 11 is 1.59. The lowest BCUT2D eigenvalue weighted by Gasteiger charge is -2.12. The lowest BCUT2D eigenvalue weighted by Crippen LogP contribution is -2.11. The minimum atomic E-state index is -0.496. The van der Waals surface area contributed by atoms with Crippen LogP contribution in [0.1, 0.15) is 23.4 Å². The second kappa shape index (κ2) is 5.61. The quantitative estimate of drug-likeness (QED) is 0.918. The van der Waals surface area contributed by atoms with Crippen LogP contribution in [-0.2, 0) is 0 Å². The smallest absolute Gasteiger partial charge is 0.143 e. The molecular formula is C13H12FN3S. The fourth-order valence-corrected chi connectivity index (χ4v) is 2.31. The van der Waals surface area contributed by atoms with E-state index < -0.39 is 5.82 Å². The van der Waals surface area contributed by atoms with Gasteiger partial charge in [0, 0.05) is 24.0 Å². The lowest BCUT2D eigenvalue weighted by atomic mass is 10.1. The van der Waals surface area contributed by atoms with E-state index in [2.05, 4.69) is 10.3 Å². The van der Waals surface area contributed by atoms with Crippen LogP contribution in [0, 0.1) is 17.1 Å². The zero-order valence-electron chi connectivity index (χ0n) is 9.85. The normalized spacial score (nSPS) is 11.8. The summed E-state index contributed by atoms with van der Waals surface area (Å²) in [4.78, 5) is 4.23. The van der Waals surface area contributed by atoms with Crippen molar-refractivity contribution >= 4 is 17.0 Å². The Kier molecular flexibility index (Phi) is 3.90. The summed E-state index contributed by atoms with van der Waals surface area (Å²) < 4.78 is 13.4. The van der Waals surface area contributed by atoms with Crippen molar-refractivity contribution in [3.63, 3.8) is 0 Å². The first-order valence-corrected chi connectivity index (χ1v) is 6.42. The van der Waals surface area contributed by atoms with Crippen LogP contribution >= 0.6 is 11.3 Å². The fourth-order valence-electron chi connectivity index (χ4n) is 1.61. The molecule has 0 bridgehead atoms. The number of thiazole rings is 1. The summed E-state index contributed by atoms with van der Waals surface area (Å²) in [5, 5.41) is 15.0. The molecule has 0 spiro atoms. The molecule has 1 aromatic carbocycles. The van der Waals surface area contributed by atoms with E-state index in [0.29, 0.717) is 12.2 Å². The van der Waals surface area contributed by atoms with Gasteiger partial charge in [-0.2, -0.15) is 5.26 Å². The van der Waals surface area contributed by atoms with E-state index in [9.17, 15) is 4.39 Å². The van der Waals surface area contributed by atoms with Crippen LogP contribution in [-0.4, -0.2) is 11.5 Å². The molecule has 0 aliphatic heterocycles.